The first-order valence-electron chi connectivity index (χ1n) is 9.47. The zero-order chi connectivity index (χ0) is 21.0. The first-order chi connectivity index (χ1) is 13.9. The number of aliphatic hydroxyl groups is 2. The number of hydrogen-bond acceptors (Lipinski definition) is 4. The van der Waals surface area contributed by atoms with Gasteiger partial charge in [-0.3, -0.25) is 9.59 Å². The molecule has 6 heteroatoms. The predicted octanol–water partition coefficient (Wildman–Crippen LogP) is 1.18. The molecule has 2 aromatic carbocycles. The first-order valence-corrected chi connectivity index (χ1v) is 9.47. The van der Waals surface area contributed by atoms with Crippen molar-refractivity contribution in [2.75, 3.05) is 25.5 Å². The third-order valence-electron chi connectivity index (χ3n) is 4.83. The molecule has 0 saturated heterocycles. The van der Waals surface area contributed by atoms with E-state index in [0.29, 0.717) is 12.2 Å². The Kier molecular flexibility index (Phi) is 6.32. The molecule has 0 radical (unpaired) electrons. The number of amides is 2. The van der Waals surface area contributed by atoms with Gasteiger partial charge in [0.1, 0.15) is 0 Å². The largest absolute Gasteiger partial charge is 0.380 e. The number of nitrogens with zero attached hydrogens (tertiary/aromatic N) is 2. The minimum atomic E-state index is -1.81. The Labute approximate surface area is 170 Å². The lowest BCUT2D eigenvalue weighted by Crippen LogP contribution is -2.51. The fourth-order valence-electron chi connectivity index (χ4n) is 3.26. The van der Waals surface area contributed by atoms with E-state index in [9.17, 15) is 19.8 Å². The van der Waals surface area contributed by atoms with Crippen LogP contribution in [0, 0.1) is 11.8 Å². The third-order valence-corrected chi connectivity index (χ3v) is 4.83. The standard InChI is InChI=1S/C23H24N2O4/c1-24(2)22(28)20(26)21(27)23(29)25-14-6-9-18-15-17(12-13-19(18)25)11-10-16-7-4-3-5-8-16/h3-5,7-8,12-13,15,20-21,26-27H,6,9,14H2,1-2H3/t20-,21?/m1/s1. The van der Waals surface area contributed by atoms with Crippen molar-refractivity contribution < 1.29 is 19.8 Å². The van der Waals surface area contributed by atoms with Crippen LogP contribution < -0.4 is 4.90 Å². The van der Waals surface area contributed by atoms with Crippen LogP contribution in [0.2, 0.25) is 0 Å². The number of hydrogen-bond donors (Lipinski definition) is 2. The Morgan fingerprint density at radius 2 is 1.69 bits per heavy atom. The third kappa shape index (κ3) is 4.65. The highest BCUT2D eigenvalue weighted by atomic mass is 16.3. The van der Waals surface area contributed by atoms with Gasteiger partial charge in [-0.1, -0.05) is 30.0 Å². The fourth-order valence-corrected chi connectivity index (χ4v) is 3.26. The SMILES string of the molecule is CN(C)C(=O)[C@H](O)C(O)C(=O)N1CCCc2cc(C#Cc3ccccc3)ccc21. The fraction of sp³-hybridized carbons (Fsp3) is 0.304. The lowest BCUT2D eigenvalue weighted by molar-refractivity contribution is -0.150. The van der Waals surface area contributed by atoms with Crippen LogP contribution in [0.3, 0.4) is 0 Å². The molecule has 2 amide bonds. The van der Waals surface area contributed by atoms with Gasteiger partial charge in [0.05, 0.1) is 0 Å². The molecule has 1 unspecified atom stereocenters. The number of rotatable bonds is 3. The molecule has 0 fully saturated rings. The van der Waals surface area contributed by atoms with Crippen LogP contribution in [0.1, 0.15) is 23.1 Å². The van der Waals surface area contributed by atoms with Crippen molar-refractivity contribution in [3.8, 4) is 11.8 Å². The van der Waals surface area contributed by atoms with E-state index in [0.717, 1.165) is 34.4 Å². The summed E-state index contributed by atoms with van der Waals surface area (Å²) >= 11 is 0. The number of benzene rings is 2. The smallest absolute Gasteiger partial charge is 0.259 e. The van der Waals surface area contributed by atoms with E-state index in [4.69, 9.17) is 0 Å². The maximum absolute atomic E-state index is 12.7. The molecule has 0 spiro atoms. The maximum Gasteiger partial charge on any atom is 0.259 e. The molecule has 0 aliphatic carbocycles. The van der Waals surface area contributed by atoms with Gasteiger partial charge in [-0.2, -0.15) is 0 Å². The summed E-state index contributed by atoms with van der Waals surface area (Å²) in [5.74, 6) is 4.85. The zero-order valence-electron chi connectivity index (χ0n) is 16.5. The minimum absolute atomic E-state index is 0.417. The van der Waals surface area contributed by atoms with Crippen LogP contribution in [0.5, 0.6) is 0 Å². The van der Waals surface area contributed by atoms with Crippen LogP contribution >= 0.6 is 0 Å². The lowest BCUT2D eigenvalue weighted by Gasteiger charge is -2.32. The van der Waals surface area contributed by atoms with Gasteiger partial charge in [0.2, 0.25) is 0 Å². The van der Waals surface area contributed by atoms with E-state index in [1.165, 1.54) is 19.0 Å². The zero-order valence-corrected chi connectivity index (χ0v) is 16.5. The predicted molar refractivity (Wildman–Crippen MR) is 110 cm³/mol. The summed E-state index contributed by atoms with van der Waals surface area (Å²) in [4.78, 5) is 27.2. The van der Waals surface area contributed by atoms with E-state index < -0.39 is 24.0 Å². The molecular weight excluding hydrogens is 368 g/mol. The highest BCUT2D eigenvalue weighted by Crippen LogP contribution is 2.29. The van der Waals surface area contributed by atoms with E-state index in [-0.39, 0.29) is 0 Å². The first kappa shape index (κ1) is 20.6. The van der Waals surface area contributed by atoms with Gasteiger partial charge in [-0.05, 0) is 48.7 Å². The molecule has 3 rings (SSSR count). The van der Waals surface area contributed by atoms with Gasteiger partial charge < -0.3 is 20.0 Å². The maximum atomic E-state index is 12.7. The average Bonchev–Trinajstić information content (AvgIpc) is 2.75. The molecule has 6 nitrogen and oxygen atoms in total. The van der Waals surface area contributed by atoms with Crippen LogP contribution in [-0.2, 0) is 16.0 Å². The highest BCUT2D eigenvalue weighted by molar-refractivity contribution is 6.01. The van der Waals surface area contributed by atoms with Crippen molar-refractivity contribution >= 4 is 17.5 Å². The summed E-state index contributed by atoms with van der Waals surface area (Å²) in [6, 6.07) is 15.2. The lowest BCUT2D eigenvalue weighted by atomic mass is 9.98. The van der Waals surface area contributed by atoms with Crippen molar-refractivity contribution in [2.45, 2.75) is 25.0 Å². The second-order valence-electron chi connectivity index (χ2n) is 7.18. The van der Waals surface area contributed by atoms with E-state index in [1.54, 1.807) is 6.07 Å². The van der Waals surface area contributed by atoms with E-state index in [1.807, 2.05) is 42.5 Å². The topological polar surface area (TPSA) is 81.1 Å². The van der Waals surface area contributed by atoms with Crippen LogP contribution in [0.4, 0.5) is 5.69 Å². The molecule has 2 N–H and O–H groups in total. The molecule has 2 atom stereocenters. The Hall–Kier alpha value is -3.14. The average molecular weight is 392 g/mol. The Morgan fingerprint density at radius 3 is 2.38 bits per heavy atom. The summed E-state index contributed by atoms with van der Waals surface area (Å²) < 4.78 is 0. The summed E-state index contributed by atoms with van der Waals surface area (Å²) in [6.45, 7) is 0.417. The Bertz CT molecular complexity index is 960. The van der Waals surface area contributed by atoms with Gasteiger partial charge in [-0.15, -0.1) is 0 Å². The van der Waals surface area contributed by atoms with E-state index >= 15 is 0 Å². The highest BCUT2D eigenvalue weighted by Gasteiger charge is 2.36. The molecule has 0 saturated carbocycles. The van der Waals surface area contributed by atoms with Gasteiger partial charge in [0.25, 0.3) is 11.8 Å². The molecule has 150 valence electrons. The van der Waals surface area contributed by atoms with E-state index in [2.05, 4.69) is 11.8 Å². The van der Waals surface area contributed by atoms with Gasteiger partial charge in [0, 0.05) is 37.5 Å². The molecule has 29 heavy (non-hydrogen) atoms. The van der Waals surface area contributed by atoms with Crippen LogP contribution in [0.25, 0.3) is 0 Å². The summed E-state index contributed by atoms with van der Waals surface area (Å²) in [7, 11) is 2.91. The number of carbonyl (C=O) groups excluding carboxylic acids is 2. The van der Waals surface area contributed by atoms with Crippen molar-refractivity contribution in [1.29, 1.82) is 0 Å². The number of anilines is 1. The Morgan fingerprint density at radius 1 is 1.00 bits per heavy atom. The molecule has 0 bridgehead atoms. The van der Waals surface area contributed by atoms with Crippen LogP contribution in [-0.4, -0.2) is 59.8 Å². The van der Waals surface area contributed by atoms with Crippen molar-refractivity contribution in [3.05, 3.63) is 65.2 Å². The molecule has 1 aliphatic heterocycles. The number of aryl methyl sites for hydroxylation is 1. The number of fused-ring (bicyclic) bond motifs is 1. The normalized spacial score (nSPS) is 14.8. The Balaban J connectivity index is 1.81. The molecular formula is C23H24N2O4. The molecule has 1 aliphatic rings. The minimum Gasteiger partial charge on any atom is -0.380 e. The van der Waals surface area contributed by atoms with Crippen molar-refractivity contribution in [3.63, 3.8) is 0 Å². The number of likely N-dealkylation sites (N-methyl/N-ethyl adjacent to an activating group) is 1. The second kappa shape index (κ2) is 8.91. The number of carbonyl (C=O) groups is 2. The van der Waals surface area contributed by atoms with Gasteiger partial charge in [0.15, 0.2) is 12.2 Å². The van der Waals surface area contributed by atoms with Crippen LogP contribution in [0.15, 0.2) is 48.5 Å². The van der Waals surface area contributed by atoms with Crippen molar-refractivity contribution in [2.24, 2.45) is 0 Å². The monoisotopic (exact) mass is 392 g/mol. The molecule has 1 heterocycles. The summed E-state index contributed by atoms with van der Waals surface area (Å²) in [5, 5.41) is 20.3. The molecule has 2 aromatic rings. The van der Waals surface area contributed by atoms with Gasteiger partial charge in [-0.25, -0.2) is 0 Å². The van der Waals surface area contributed by atoms with Crippen molar-refractivity contribution in [1.82, 2.24) is 4.90 Å². The summed E-state index contributed by atoms with van der Waals surface area (Å²) in [6.07, 6.45) is -2.10. The van der Waals surface area contributed by atoms with Gasteiger partial charge >= 0.3 is 0 Å². The second-order valence-corrected chi connectivity index (χ2v) is 7.18. The quantitative estimate of drug-likeness (QED) is 0.769. The number of aliphatic hydroxyl groups excluding tert-OH is 2. The molecule has 0 aromatic heterocycles. The summed E-state index contributed by atoms with van der Waals surface area (Å²) in [5.41, 5.74) is 3.38.